The van der Waals surface area contributed by atoms with Gasteiger partial charge in [0.15, 0.2) is 0 Å². The van der Waals surface area contributed by atoms with Gasteiger partial charge in [-0.3, -0.25) is 0 Å². The maximum atomic E-state index is 12.8. The Morgan fingerprint density at radius 2 is 1.94 bits per heavy atom. The van der Waals surface area contributed by atoms with Gasteiger partial charge >= 0.3 is 0 Å². The first-order chi connectivity index (χ1) is 8.56. The summed E-state index contributed by atoms with van der Waals surface area (Å²) in [5.41, 5.74) is 7.63. The minimum atomic E-state index is -0.292. The van der Waals surface area contributed by atoms with Crippen LogP contribution in [0.5, 0.6) is 11.6 Å². The van der Waals surface area contributed by atoms with Gasteiger partial charge < -0.3 is 10.5 Å². The van der Waals surface area contributed by atoms with E-state index in [0.29, 0.717) is 11.6 Å². The number of nitrogens with two attached hydrogens (primary N) is 1. The van der Waals surface area contributed by atoms with E-state index in [2.05, 4.69) is 4.98 Å². The average molecular weight is 246 g/mol. The lowest BCUT2D eigenvalue weighted by molar-refractivity contribution is 0.456. The third kappa shape index (κ3) is 2.84. The number of hydrogen-bond donors (Lipinski definition) is 1. The Morgan fingerprint density at radius 3 is 2.50 bits per heavy atom. The van der Waals surface area contributed by atoms with E-state index in [0.717, 1.165) is 11.1 Å². The highest BCUT2D eigenvalue weighted by atomic mass is 19.1. The van der Waals surface area contributed by atoms with Crippen LogP contribution in [0.25, 0.3) is 0 Å². The van der Waals surface area contributed by atoms with Gasteiger partial charge in [-0.25, -0.2) is 9.37 Å². The molecule has 1 unspecified atom stereocenters. The molecule has 3 nitrogen and oxygen atoms in total. The molecule has 1 heterocycles. The third-order valence-corrected chi connectivity index (χ3v) is 2.61. The zero-order valence-electron chi connectivity index (χ0n) is 10.4. The number of halogens is 1. The van der Waals surface area contributed by atoms with Crippen LogP contribution in [0.2, 0.25) is 0 Å². The maximum absolute atomic E-state index is 12.8. The lowest BCUT2D eigenvalue weighted by Gasteiger charge is -2.10. The fourth-order valence-corrected chi connectivity index (χ4v) is 1.55. The van der Waals surface area contributed by atoms with Gasteiger partial charge in [0.2, 0.25) is 5.88 Å². The molecule has 0 fully saturated rings. The van der Waals surface area contributed by atoms with Gasteiger partial charge in [-0.1, -0.05) is 0 Å². The molecule has 1 aromatic heterocycles. The van der Waals surface area contributed by atoms with Crippen molar-refractivity contribution in [3.63, 3.8) is 0 Å². The number of nitrogens with zero attached hydrogens (tertiary/aromatic N) is 1. The molecule has 0 aliphatic carbocycles. The molecule has 2 rings (SSSR count). The molecular weight excluding hydrogens is 231 g/mol. The lowest BCUT2D eigenvalue weighted by Crippen LogP contribution is -2.06. The summed E-state index contributed by atoms with van der Waals surface area (Å²) in [6, 6.07) is 7.71. The van der Waals surface area contributed by atoms with Gasteiger partial charge in [-0.05, 0) is 49.7 Å². The van der Waals surface area contributed by atoms with Crippen molar-refractivity contribution in [2.75, 3.05) is 0 Å². The molecule has 2 N–H and O–H groups in total. The molecule has 0 saturated heterocycles. The highest BCUT2D eigenvalue weighted by Crippen LogP contribution is 2.24. The van der Waals surface area contributed by atoms with E-state index in [4.69, 9.17) is 10.5 Å². The largest absolute Gasteiger partial charge is 0.439 e. The maximum Gasteiger partial charge on any atom is 0.222 e. The molecule has 4 heteroatoms. The van der Waals surface area contributed by atoms with Gasteiger partial charge in [0, 0.05) is 17.8 Å². The minimum absolute atomic E-state index is 0.0592. The minimum Gasteiger partial charge on any atom is -0.439 e. The van der Waals surface area contributed by atoms with Crippen molar-refractivity contribution in [1.82, 2.24) is 4.98 Å². The van der Waals surface area contributed by atoms with Crippen molar-refractivity contribution in [3.8, 4) is 11.6 Å². The molecule has 18 heavy (non-hydrogen) atoms. The van der Waals surface area contributed by atoms with Gasteiger partial charge in [0.1, 0.15) is 11.6 Å². The molecular formula is C14H15FN2O. The Morgan fingerprint density at radius 1 is 1.28 bits per heavy atom. The van der Waals surface area contributed by atoms with Crippen molar-refractivity contribution < 1.29 is 9.13 Å². The first-order valence-corrected chi connectivity index (χ1v) is 5.72. The summed E-state index contributed by atoms with van der Waals surface area (Å²) < 4.78 is 18.3. The number of benzene rings is 1. The van der Waals surface area contributed by atoms with E-state index >= 15 is 0 Å². The van der Waals surface area contributed by atoms with Crippen LogP contribution in [0.15, 0.2) is 36.5 Å². The Labute approximate surface area is 105 Å². The fraction of sp³-hybridized carbons (Fsp3) is 0.214. The Bertz CT molecular complexity index is 538. The van der Waals surface area contributed by atoms with Crippen LogP contribution in [-0.2, 0) is 0 Å². The van der Waals surface area contributed by atoms with Crippen LogP contribution in [0, 0.1) is 12.7 Å². The predicted molar refractivity (Wildman–Crippen MR) is 68.1 cm³/mol. The van der Waals surface area contributed by atoms with Crippen molar-refractivity contribution in [1.29, 1.82) is 0 Å². The second-order valence-corrected chi connectivity index (χ2v) is 4.24. The normalized spacial score (nSPS) is 12.2. The SMILES string of the molecule is Cc1cc(C(C)N)cnc1Oc1ccc(F)cc1. The first-order valence-electron chi connectivity index (χ1n) is 5.72. The highest BCUT2D eigenvalue weighted by molar-refractivity contribution is 5.34. The number of aromatic nitrogens is 1. The zero-order chi connectivity index (χ0) is 13.1. The van der Waals surface area contributed by atoms with Crippen molar-refractivity contribution >= 4 is 0 Å². The van der Waals surface area contributed by atoms with Crippen LogP contribution in [0.4, 0.5) is 4.39 Å². The highest BCUT2D eigenvalue weighted by Gasteiger charge is 2.07. The monoisotopic (exact) mass is 246 g/mol. The van der Waals surface area contributed by atoms with E-state index in [1.165, 1.54) is 12.1 Å². The van der Waals surface area contributed by atoms with Gasteiger partial charge in [-0.15, -0.1) is 0 Å². The molecule has 0 aliphatic rings. The average Bonchev–Trinajstić information content (AvgIpc) is 2.34. The van der Waals surface area contributed by atoms with Crippen molar-refractivity contribution in [2.24, 2.45) is 5.73 Å². The summed E-state index contributed by atoms with van der Waals surface area (Å²) in [5.74, 6) is 0.769. The van der Waals surface area contributed by atoms with E-state index in [9.17, 15) is 4.39 Å². The van der Waals surface area contributed by atoms with Crippen molar-refractivity contribution in [3.05, 3.63) is 53.5 Å². The van der Waals surface area contributed by atoms with Crippen LogP contribution >= 0.6 is 0 Å². The van der Waals surface area contributed by atoms with E-state index < -0.39 is 0 Å². The number of rotatable bonds is 3. The van der Waals surface area contributed by atoms with Crippen LogP contribution < -0.4 is 10.5 Å². The summed E-state index contributed by atoms with van der Waals surface area (Å²) in [4.78, 5) is 4.22. The van der Waals surface area contributed by atoms with E-state index in [1.807, 2.05) is 19.9 Å². The Kier molecular flexibility index (Phi) is 3.58. The van der Waals surface area contributed by atoms with Crippen LogP contribution in [0.1, 0.15) is 24.1 Å². The van der Waals surface area contributed by atoms with E-state index in [-0.39, 0.29) is 11.9 Å². The van der Waals surface area contributed by atoms with Gasteiger partial charge in [0.25, 0.3) is 0 Å². The standard InChI is InChI=1S/C14H15FN2O/c1-9-7-11(10(2)16)8-17-14(9)18-13-5-3-12(15)4-6-13/h3-8,10H,16H2,1-2H3. The Balaban J connectivity index is 2.22. The molecule has 0 amide bonds. The Hall–Kier alpha value is -1.94. The summed E-state index contributed by atoms with van der Waals surface area (Å²) in [6.07, 6.45) is 1.69. The number of aryl methyl sites for hydroxylation is 1. The van der Waals surface area contributed by atoms with Gasteiger partial charge in [0.05, 0.1) is 0 Å². The topological polar surface area (TPSA) is 48.1 Å². The van der Waals surface area contributed by atoms with Crippen molar-refractivity contribution in [2.45, 2.75) is 19.9 Å². The summed E-state index contributed by atoms with van der Waals surface area (Å²) in [7, 11) is 0. The summed E-state index contributed by atoms with van der Waals surface area (Å²) in [6.45, 7) is 3.80. The molecule has 0 aliphatic heterocycles. The molecule has 94 valence electrons. The van der Waals surface area contributed by atoms with Crippen LogP contribution in [0.3, 0.4) is 0 Å². The molecule has 0 saturated carbocycles. The number of ether oxygens (including phenoxy) is 1. The van der Waals surface area contributed by atoms with Gasteiger partial charge in [-0.2, -0.15) is 0 Å². The third-order valence-electron chi connectivity index (χ3n) is 2.61. The summed E-state index contributed by atoms with van der Waals surface area (Å²) >= 11 is 0. The second-order valence-electron chi connectivity index (χ2n) is 4.24. The molecule has 0 spiro atoms. The quantitative estimate of drug-likeness (QED) is 0.903. The molecule has 1 atom stereocenters. The zero-order valence-corrected chi connectivity index (χ0v) is 10.4. The molecule has 2 aromatic rings. The fourth-order valence-electron chi connectivity index (χ4n) is 1.55. The molecule has 0 bridgehead atoms. The summed E-state index contributed by atoms with van der Waals surface area (Å²) in [5, 5.41) is 0. The number of hydrogen-bond acceptors (Lipinski definition) is 3. The number of pyridine rings is 1. The molecule has 0 radical (unpaired) electrons. The van der Waals surface area contributed by atoms with E-state index in [1.54, 1.807) is 18.3 Å². The van der Waals surface area contributed by atoms with Crippen LogP contribution in [-0.4, -0.2) is 4.98 Å². The smallest absolute Gasteiger partial charge is 0.222 e. The molecule has 1 aromatic carbocycles. The lowest BCUT2D eigenvalue weighted by atomic mass is 10.1. The first kappa shape index (κ1) is 12.5. The second kappa shape index (κ2) is 5.14. The predicted octanol–water partition coefficient (Wildman–Crippen LogP) is 3.34.